The van der Waals surface area contributed by atoms with E-state index >= 15 is 0 Å². The van der Waals surface area contributed by atoms with E-state index in [1.54, 1.807) is 18.3 Å². The van der Waals surface area contributed by atoms with E-state index in [4.69, 9.17) is 9.47 Å². The standard InChI is InChI=1S/C17H17N5O3/c23-15(12-24-10-11-25-13-6-2-1-3-7-13)19-17-20-16(21-22-17)14-8-4-5-9-18-14/h1-9H,10-12H2,(H2,19,20,21,22,23). The minimum atomic E-state index is -0.341. The quantitative estimate of drug-likeness (QED) is 0.608. The summed E-state index contributed by atoms with van der Waals surface area (Å²) in [4.78, 5) is 20.1. The molecule has 2 heterocycles. The molecule has 8 heteroatoms. The van der Waals surface area contributed by atoms with Crippen LogP contribution in [0.5, 0.6) is 5.75 Å². The summed E-state index contributed by atoms with van der Waals surface area (Å²) in [5.74, 6) is 1.08. The van der Waals surface area contributed by atoms with Gasteiger partial charge in [-0.15, -0.1) is 5.10 Å². The van der Waals surface area contributed by atoms with E-state index < -0.39 is 0 Å². The van der Waals surface area contributed by atoms with E-state index in [0.29, 0.717) is 24.7 Å². The summed E-state index contributed by atoms with van der Waals surface area (Å²) in [7, 11) is 0. The van der Waals surface area contributed by atoms with Crippen LogP contribution in [-0.4, -0.2) is 45.9 Å². The van der Waals surface area contributed by atoms with Gasteiger partial charge in [0.1, 0.15) is 24.7 Å². The minimum absolute atomic E-state index is 0.106. The molecule has 1 amide bonds. The van der Waals surface area contributed by atoms with E-state index in [9.17, 15) is 4.79 Å². The second kappa shape index (κ2) is 8.55. The van der Waals surface area contributed by atoms with E-state index in [0.717, 1.165) is 5.75 Å². The maximum atomic E-state index is 11.8. The number of amides is 1. The lowest BCUT2D eigenvalue weighted by molar-refractivity contribution is -0.120. The van der Waals surface area contributed by atoms with E-state index in [2.05, 4.69) is 25.5 Å². The van der Waals surface area contributed by atoms with Crippen LogP contribution >= 0.6 is 0 Å². The summed E-state index contributed by atoms with van der Waals surface area (Å²) in [5, 5.41) is 9.21. The molecular weight excluding hydrogens is 322 g/mol. The number of nitrogens with zero attached hydrogens (tertiary/aromatic N) is 3. The van der Waals surface area contributed by atoms with E-state index in [-0.39, 0.29) is 18.5 Å². The third-order valence-corrected chi connectivity index (χ3v) is 3.12. The zero-order chi connectivity index (χ0) is 17.3. The fourth-order valence-electron chi connectivity index (χ4n) is 2.00. The van der Waals surface area contributed by atoms with Crippen LogP contribution in [0.4, 0.5) is 5.95 Å². The van der Waals surface area contributed by atoms with Crippen molar-refractivity contribution in [3.05, 3.63) is 54.7 Å². The van der Waals surface area contributed by atoms with Crippen molar-refractivity contribution in [2.45, 2.75) is 0 Å². The maximum Gasteiger partial charge on any atom is 0.252 e. The molecule has 3 aromatic rings. The zero-order valence-corrected chi connectivity index (χ0v) is 13.4. The summed E-state index contributed by atoms with van der Waals surface area (Å²) in [6.45, 7) is 0.558. The van der Waals surface area contributed by atoms with Crippen molar-refractivity contribution >= 4 is 11.9 Å². The number of anilines is 1. The molecule has 128 valence electrons. The van der Waals surface area contributed by atoms with Crippen molar-refractivity contribution in [3.63, 3.8) is 0 Å². The molecule has 0 bridgehead atoms. The summed E-state index contributed by atoms with van der Waals surface area (Å²) in [5.41, 5.74) is 0.643. The number of hydrogen-bond donors (Lipinski definition) is 2. The zero-order valence-electron chi connectivity index (χ0n) is 13.4. The summed E-state index contributed by atoms with van der Waals surface area (Å²) >= 11 is 0. The average molecular weight is 339 g/mol. The van der Waals surface area contributed by atoms with Gasteiger partial charge < -0.3 is 9.47 Å². The molecule has 0 saturated heterocycles. The first-order valence-electron chi connectivity index (χ1n) is 7.70. The fourth-order valence-corrected chi connectivity index (χ4v) is 2.00. The van der Waals surface area contributed by atoms with E-state index in [1.165, 1.54) is 0 Å². The number of rotatable bonds is 8. The second-order valence-corrected chi connectivity index (χ2v) is 4.98. The van der Waals surface area contributed by atoms with Gasteiger partial charge in [0.15, 0.2) is 5.82 Å². The highest BCUT2D eigenvalue weighted by Crippen LogP contribution is 2.12. The topological polar surface area (TPSA) is 102 Å². The maximum absolute atomic E-state index is 11.8. The lowest BCUT2D eigenvalue weighted by Crippen LogP contribution is -2.20. The number of pyridine rings is 1. The first-order valence-corrected chi connectivity index (χ1v) is 7.70. The van der Waals surface area contributed by atoms with Crippen molar-refractivity contribution in [2.24, 2.45) is 0 Å². The predicted octanol–water partition coefficient (Wildman–Crippen LogP) is 1.90. The number of H-pyrrole nitrogens is 1. The normalized spacial score (nSPS) is 10.4. The number of aromatic nitrogens is 4. The molecule has 8 nitrogen and oxygen atoms in total. The number of benzene rings is 1. The summed E-state index contributed by atoms with van der Waals surface area (Å²) < 4.78 is 10.7. The van der Waals surface area contributed by atoms with Gasteiger partial charge in [-0.25, -0.2) is 0 Å². The number of para-hydroxylation sites is 1. The minimum Gasteiger partial charge on any atom is -0.491 e. The number of carbonyl (C=O) groups excluding carboxylic acids is 1. The SMILES string of the molecule is O=C(COCCOc1ccccc1)Nc1n[nH]c(-c2ccccn2)n1. The first-order chi connectivity index (χ1) is 12.3. The molecule has 25 heavy (non-hydrogen) atoms. The Morgan fingerprint density at radius 1 is 1.08 bits per heavy atom. The second-order valence-electron chi connectivity index (χ2n) is 4.98. The van der Waals surface area contributed by atoms with Crippen LogP contribution in [-0.2, 0) is 9.53 Å². The Morgan fingerprint density at radius 2 is 1.92 bits per heavy atom. The monoisotopic (exact) mass is 339 g/mol. The number of aromatic amines is 1. The lowest BCUT2D eigenvalue weighted by Gasteiger charge is -2.06. The van der Waals surface area contributed by atoms with Crippen molar-refractivity contribution in [1.82, 2.24) is 20.2 Å². The largest absolute Gasteiger partial charge is 0.491 e. The summed E-state index contributed by atoms with van der Waals surface area (Å²) in [6, 6.07) is 14.8. The Labute approximate surface area is 144 Å². The number of carbonyl (C=O) groups is 1. The van der Waals surface area contributed by atoms with Crippen molar-refractivity contribution in [3.8, 4) is 17.3 Å². The molecule has 0 atom stereocenters. The van der Waals surface area contributed by atoms with Crippen molar-refractivity contribution < 1.29 is 14.3 Å². The molecule has 0 saturated carbocycles. The molecule has 1 aromatic carbocycles. The highest BCUT2D eigenvalue weighted by atomic mass is 16.5. The third-order valence-electron chi connectivity index (χ3n) is 3.12. The van der Waals surface area contributed by atoms with Gasteiger partial charge in [-0.05, 0) is 24.3 Å². The van der Waals surface area contributed by atoms with Crippen LogP contribution in [0.15, 0.2) is 54.7 Å². The van der Waals surface area contributed by atoms with Gasteiger partial charge >= 0.3 is 0 Å². The first kappa shape index (κ1) is 16.6. The van der Waals surface area contributed by atoms with Crippen LogP contribution in [0.3, 0.4) is 0 Å². The summed E-state index contributed by atoms with van der Waals surface area (Å²) in [6.07, 6.45) is 1.65. The van der Waals surface area contributed by atoms with Gasteiger partial charge in [-0.2, -0.15) is 4.98 Å². The van der Waals surface area contributed by atoms with Gasteiger partial charge in [-0.3, -0.25) is 20.2 Å². The Morgan fingerprint density at radius 3 is 2.72 bits per heavy atom. The predicted molar refractivity (Wildman–Crippen MR) is 91.0 cm³/mol. The highest BCUT2D eigenvalue weighted by molar-refractivity contribution is 5.90. The number of nitrogens with one attached hydrogen (secondary N) is 2. The molecule has 0 aliphatic heterocycles. The molecule has 0 aliphatic carbocycles. The Kier molecular flexibility index (Phi) is 5.68. The van der Waals surface area contributed by atoms with Crippen LogP contribution in [0.25, 0.3) is 11.5 Å². The smallest absolute Gasteiger partial charge is 0.252 e. The van der Waals surface area contributed by atoms with E-state index in [1.807, 2.05) is 36.4 Å². The van der Waals surface area contributed by atoms with Crippen LogP contribution < -0.4 is 10.1 Å². The van der Waals surface area contributed by atoms with Crippen LogP contribution in [0.2, 0.25) is 0 Å². The fraction of sp³-hybridized carbons (Fsp3) is 0.176. The molecule has 2 N–H and O–H groups in total. The van der Waals surface area contributed by atoms with Gasteiger partial charge in [0.25, 0.3) is 5.91 Å². The van der Waals surface area contributed by atoms with Gasteiger partial charge in [-0.1, -0.05) is 24.3 Å². The average Bonchev–Trinajstić information content (AvgIpc) is 3.11. The van der Waals surface area contributed by atoms with Gasteiger partial charge in [0.05, 0.1) is 6.61 Å². The van der Waals surface area contributed by atoms with Crippen LogP contribution in [0, 0.1) is 0 Å². The van der Waals surface area contributed by atoms with Gasteiger partial charge in [0, 0.05) is 6.20 Å². The molecular formula is C17H17N5O3. The molecule has 0 spiro atoms. The number of ether oxygens (including phenoxy) is 2. The molecule has 0 fully saturated rings. The highest BCUT2D eigenvalue weighted by Gasteiger charge is 2.09. The van der Waals surface area contributed by atoms with Crippen molar-refractivity contribution in [1.29, 1.82) is 0 Å². The molecule has 0 unspecified atom stereocenters. The van der Waals surface area contributed by atoms with Gasteiger partial charge in [0.2, 0.25) is 5.95 Å². The van der Waals surface area contributed by atoms with Crippen molar-refractivity contribution in [2.75, 3.05) is 25.1 Å². The van der Waals surface area contributed by atoms with Crippen LogP contribution in [0.1, 0.15) is 0 Å². The lowest BCUT2D eigenvalue weighted by atomic mass is 10.3. The molecule has 3 rings (SSSR count). The third kappa shape index (κ3) is 5.11. The molecule has 0 radical (unpaired) electrons. The molecule has 0 aliphatic rings. The number of hydrogen-bond acceptors (Lipinski definition) is 6. The Hall–Kier alpha value is -3.26. The Balaban J connectivity index is 1.37. The molecule has 2 aromatic heterocycles. The Bertz CT molecular complexity index is 792.